The standard InChI is InChI=1S/C16H29N3O/c1-4-8-17-11-15-6-7-16(20-15)13-19-10-5-9-18(3)12-14(19)2/h6-7,14,17H,4-5,8-13H2,1-3H3. The first-order chi connectivity index (χ1) is 9.69. The first-order valence-electron chi connectivity index (χ1n) is 7.90. The van der Waals surface area contributed by atoms with Crippen LogP contribution in [-0.4, -0.2) is 49.1 Å². The van der Waals surface area contributed by atoms with Gasteiger partial charge in [0.2, 0.25) is 0 Å². The minimum Gasteiger partial charge on any atom is -0.463 e. The highest BCUT2D eigenvalue weighted by atomic mass is 16.3. The fourth-order valence-corrected chi connectivity index (χ4v) is 2.85. The Kier molecular flexibility index (Phi) is 6.07. The van der Waals surface area contributed by atoms with Gasteiger partial charge in [0.15, 0.2) is 0 Å². The lowest BCUT2D eigenvalue weighted by Gasteiger charge is -2.26. The highest BCUT2D eigenvalue weighted by molar-refractivity contribution is 5.07. The van der Waals surface area contributed by atoms with Gasteiger partial charge in [-0.2, -0.15) is 0 Å². The zero-order valence-electron chi connectivity index (χ0n) is 13.2. The maximum Gasteiger partial charge on any atom is 0.118 e. The fourth-order valence-electron chi connectivity index (χ4n) is 2.85. The predicted octanol–water partition coefficient (Wildman–Crippen LogP) is 2.31. The van der Waals surface area contributed by atoms with Gasteiger partial charge in [0.05, 0.1) is 13.1 Å². The molecule has 0 spiro atoms. The number of nitrogens with one attached hydrogen (secondary N) is 1. The average molecular weight is 279 g/mol. The third kappa shape index (κ3) is 4.62. The number of hydrogen-bond donors (Lipinski definition) is 1. The van der Waals surface area contributed by atoms with Crippen molar-refractivity contribution in [1.82, 2.24) is 15.1 Å². The Morgan fingerprint density at radius 3 is 2.90 bits per heavy atom. The van der Waals surface area contributed by atoms with Gasteiger partial charge in [-0.3, -0.25) is 4.90 Å². The summed E-state index contributed by atoms with van der Waals surface area (Å²) in [5.41, 5.74) is 0. The number of hydrogen-bond acceptors (Lipinski definition) is 4. The predicted molar refractivity (Wildman–Crippen MR) is 82.7 cm³/mol. The first-order valence-corrected chi connectivity index (χ1v) is 7.90. The van der Waals surface area contributed by atoms with Crippen LogP contribution in [0.2, 0.25) is 0 Å². The summed E-state index contributed by atoms with van der Waals surface area (Å²) in [5.74, 6) is 2.14. The molecule has 1 aromatic heterocycles. The first kappa shape index (κ1) is 15.5. The second kappa shape index (κ2) is 7.81. The van der Waals surface area contributed by atoms with Crippen molar-refractivity contribution in [3.63, 3.8) is 0 Å². The molecule has 1 N–H and O–H groups in total. The summed E-state index contributed by atoms with van der Waals surface area (Å²) in [6.07, 6.45) is 2.40. The van der Waals surface area contributed by atoms with E-state index in [1.54, 1.807) is 0 Å². The minimum atomic E-state index is 0.592. The molecule has 20 heavy (non-hydrogen) atoms. The van der Waals surface area contributed by atoms with E-state index in [1.165, 1.54) is 13.0 Å². The smallest absolute Gasteiger partial charge is 0.118 e. The van der Waals surface area contributed by atoms with Gasteiger partial charge < -0.3 is 14.6 Å². The van der Waals surface area contributed by atoms with Crippen LogP contribution >= 0.6 is 0 Å². The second-order valence-corrected chi connectivity index (χ2v) is 5.98. The van der Waals surface area contributed by atoms with Crippen LogP contribution in [0.5, 0.6) is 0 Å². The Labute approximate surface area is 123 Å². The van der Waals surface area contributed by atoms with Crippen LogP contribution in [0.1, 0.15) is 38.2 Å². The summed E-state index contributed by atoms with van der Waals surface area (Å²) in [5, 5.41) is 3.38. The lowest BCUT2D eigenvalue weighted by atomic mass is 10.2. The fraction of sp³-hybridized carbons (Fsp3) is 0.750. The molecule has 1 fully saturated rings. The molecular formula is C16H29N3O. The van der Waals surface area contributed by atoms with Crippen molar-refractivity contribution >= 4 is 0 Å². The third-order valence-electron chi connectivity index (χ3n) is 3.99. The molecule has 1 atom stereocenters. The van der Waals surface area contributed by atoms with E-state index in [1.807, 2.05) is 0 Å². The van der Waals surface area contributed by atoms with Gasteiger partial charge in [0.1, 0.15) is 11.5 Å². The van der Waals surface area contributed by atoms with E-state index < -0.39 is 0 Å². The Bertz CT molecular complexity index is 391. The van der Waals surface area contributed by atoms with E-state index in [-0.39, 0.29) is 0 Å². The Morgan fingerprint density at radius 1 is 1.30 bits per heavy atom. The van der Waals surface area contributed by atoms with Crippen LogP contribution < -0.4 is 5.32 Å². The van der Waals surface area contributed by atoms with E-state index >= 15 is 0 Å². The molecule has 4 nitrogen and oxygen atoms in total. The number of rotatable bonds is 6. The maximum absolute atomic E-state index is 5.93. The van der Waals surface area contributed by atoms with Crippen molar-refractivity contribution in [1.29, 1.82) is 0 Å². The van der Waals surface area contributed by atoms with E-state index in [0.717, 1.165) is 50.7 Å². The van der Waals surface area contributed by atoms with Crippen LogP contribution in [0.4, 0.5) is 0 Å². The van der Waals surface area contributed by atoms with Crippen LogP contribution in [-0.2, 0) is 13.1 Å². The van der Waals surface area contributed by atoms with Gasteiger partial charge in [-0.1, -0.05) is 6.92 Å². The topological polar surface area (TPSA) is 31.6 Å². The van der Waals surface area contributed by atoms with E-state index in [0.29, 0.717) is 6.04 Å². The zero-order chi connectivity index (χ0) is 14.4. The van der Waals surface area contributed by atoms with Gasteiger partial charge in [-0.15, -0.1) is 0 Å². The van der Waals surface area contributed by atoms with Crippen molar-refractivity contribution < 1.29 is 4.42 Å². The molecule has 1 aliphatic heterocycles. The van der Waals surface area contributed by atoms with Crippen molar-refractivity contribution in [2.75, 3.05) is 33.2 Å². The van der Waals surface area contributed by atoms with Gasteiger partial charge in [-0.05, 0) is 52.0 Å². The molecule has 0 amide bonds. The molecule has 0 saturated carbocycles. The molecule has 0 aliphatic carbocycles. The van der Waals surface area contributed by atoms with Crippen LogP contribution in [0, 0.1) is 0 Å². The third-order valence-corrected chi connectivity index (χ3v) is 3.99. The SMILES string of the molecule is CCCNCc1ccc(CN2CCCN(C)CC2C)o1. The lowest BCUT2D eigenvalue weighted by Crippen LogP contribution is -2.37. The van der Waals surface area contributed by atoms with Crippen LogP contribution in [0.25, 0.3) is 0 Å². The number of likely N-dealkylation sites (N-methyl/N-ethyl adjacent to an activating group) is 1. The molecule has 0 bridgehead atoms. The van der Waals surface area contributed by atoms with Crippen molar-refractivity contribution in [3.05, 3.63) is 23.7 Å². The minimum absolute atomic E-state index is 0.592. The highest BCUT2D eigenvalue weighted by Gasteiger charge is 2.20. The van der Waals surface area contributed by atoms with E-state index in [9.17, 15) is 0 Å². The second-order valence-electron chi connectivity index (χ2n) is 5.98. The van der Waals surface area contributed by atoms with E-state index in [2.05, 4.69) is 48.1 Å². The Balaban J connectivity index is 1.85. The lowest BCUT2D eigenvalue weighted by molar-refractivity contribution is 0.180. The van der Waals surface area contributed by atoms with Gasteiger partial charge in [-0.25, -0.2) is 0 Å². The molecule has 2 heterocycles. The van der Waals surface area contributed by atoms with Crippen molar-refractivity contribution in [2.45, 2.75) is 45.8 Å². The molecule has 1 aromatic rings. The summed E-state index contributed by atoms with van der Waals surface area (Å²) in [4.78, 5) is 4.96. The molecule has 4 heteroatoms. The maximum atomic E-state index is 5.93. The number of nitrogens with zero attached hydrogens (tertiary/aromatic N) is 2. The number of furan rings is 1. The van der Waals surface area contributed by atoms with Gasteiger partial charge in [0, 0.05) is 19.1 Å². The summed E-state index contributed by atoms with van der Waals surface area (Å²) >= 11 is 0. The van der Waals surface area contributed by atoms with Crippen LogP contribution in [0.15, 0.2) is 16.5 Å². The molecule has 2 rings (SSSR count). The Hall–Kier alpha value is -0.840. The highest BCUT2D eigenvalue weighted by Crippen LogP contribution is 2.15. The molecule has 0 aromatic carbocycles. The van der Waals surface area contributed by atoms with Crippen molar-refractivity contribution in [3.8, 4) is 0 Å². The summed E-state index contributed by atoms with van der Waals surface area (Å²) in [6.45, 7) is 10.8. The quantitative estimate of drug-likeness (QED) is 0.810. The van der Waals surface area contributed by atoms with Gasteiger partial charge >= 0.3 is 0 Å². The monoisotopic (exact) mass is 279 g/mol. The zero-order valence-corrected chi connectivity index (χ0v) is 13.2. The molecule has 1 unspecified atom stereocenters. The normalized spacial score (nSPS) is 22.1. The molecule has 0 radical (unpaired) electrons. The molecular weight excluding hydrogens is 250 g/mol. The largest absolute Gasteiger partial charge is 0.463 e. The summed E-state index contributed by atoms with van der Waals surface area (Å²) < 4.78 is 5.93. The molecule has 1 aliphatic rings. The van der Waals surface area contributed by atoms with Gasteiger partial charge in [0.25, 0.3) is 0 Å². The van der Waals surface area contributed by atoms with Crippen molar-refractivity contribution in [2.24, 2.45) is 0 Å². The summed E-state index contributed by atoms with van der Waals surface area (Å²) in [7, 11) is 2.21. The average Bonchev–Trinajstić information content (AvgIpc) is 2.78. The van der Waals surface area contributed by atoms with Crippen LogP contribution in [0.3, 0.4) is 0 Å². The van der Waals surface area contributed by atoms with E-state index in [4.69, 9.17) is 4.42 Å². The summed E-state index contributed by atoms with van der Waals surface area (Å²) in [6, 6.07) is 4.82. The molecule has 1 saturated heterocycles. The molecule has 114 valence electrons. The Morgan fingerprint density at radius 2 is 2.10 bits per heavy atom.